The largest absolute Gasteiger partial charge is 0.241 e. The molecule has 0 saturated carbocycles. The lowest BCUT2D eigenvalue weighted by atomic mass is 10.1. The van der Waals surface area contributed by atoms with Crippen LogP contribution in [0.4, 0.5) is 4.39 Å². The van der Waals surface area contributed by atoms with Crippen LogP contribution in [0, 0.1) is 5.82 Å². The van der Waals surface area contributed by atoms with Crippen molar-refractivity contribution in [2.45, 2.75) is 19.8 Å². The molecule has 2 aromatic rings. The number of nitrogens with zero attached hydrogens (tertiary/aromatic N) is 1. The minimum Gasteiger partial charge on any atom is -0.241 e. The highest BCUT2D eigenvalue weighted by atomic mass is 79.9. The maximum absolute atomic E-state index is 13.7. The Bertz CT molecular complexity index is 487. The molecule has 0 saturated heterocycles. The molecule has 0 atom stereocenters. The predicted octanol–water partition coefficient (Wildman–Crippen LogP) is 4.84. The molecule has 0 amide bonds. The molecule has 1 nitrogen and oxygen atoms in total. The molecule has 0 aliphatic rings. The average molecular weight is 300 g/mol. The maximum Gasteiger partial charge on any atom is 0.134 e. The first-order valence-corrected chi connectivity index (χ1v) is 6.66. The van der Waals surface area contributed by atoms with Crippen LogP contribution in [0.25, 0.3) is 10.6 Å². The Labute approximate surface area is 106 Å². The van der Waals surface area contributed by atoms with Gasteiger partial charge in [0.05, 0.1) is 11.3 Å². The van der Waals surface area contributed by atoms with Crippen molar-refractivity contribution in [2.24, 2.45) is 0 Å². The van der Waals surface area contributed by atoms with Gasteiger partial charge in [-0.1, -0.05) is 19.9 Å². The van der Waals surface area contributed by atoms with Crippen LogP contribution in [0.3, 0.4) is 0 Å². The molecular formula is C12H11BrFNS. The lowest BCUT2D eigenvalue weighted by Gasteiger charge is -2.02. The summed E-state index contributed by atoms with van der Waals surface area (Å²) in [5.41, 5.74) is 1.56. The molecule has 16 heavy (non-hydrogen) atoms. The maximum atomic E-state index is 13.7. The second-order valence-electron chi connectivity index (χ2n) is 3.83. The Balaban J connectivity index is 2.50. The van der Waals surface area contributed by atoms with Crippen molar-refractivity contribution in [3.05, 3.63) is 39.6 Å². The van der Waals surface area contributed by atoms with Crippen LogP contribution >= 0.6 is 27.3 Å². The van der Waals surface area contributed by atoms with Gasteiger partial charge in [-0.15, -0.1) is 11.3 Å². The standard InChI is InChI=1S/C12H11BrFNS/c1-7(2)10-6-16-12(15-10)11-8(13)4-3-5-9(11)14/h3-7H,1-2H3. The molecule has 0 unspecified atom stereocenters. The third kappa shape index (κ3) is 2.18. The summed E-state index contributed by atoms with van der Waals surface area (Å²) in [6.07, 6.45) is 0. The lowest BCUT2D eigenvalue weighted by molar-refractivity contribution is 0.630. The van der Waals surface area contributed by atoms with E-state index in [1.165, 1.54) is 17.4 Å². The first-order valence-electron chi connectivity index (χ1n) is 4.99. The van der Waals surface area contributed by atoms with Gasteiger partial charge in [-0.25, -0.2) is 9.37 Å². The van der Waals surface area contributed by atoms with Gasteiger partial charge in [-0.3, -0.25) is 0 Å². The summed E-state index contributed by atoms with van der Waals surface area (Å²) in [5.74, 6) is 0.134. The number of aromatic nitrogens is 1. The quantitative estimate of drug-likeness (QED) is 0.773. The van der Waals surface area contributed by atoms with Gasteiger partial charge < -0.3 is 0 Å². The number of benzene rings is 1. The molecule has 0 aliphatic carbocycles. The fraction of sp³-hybridized carbons (Fsp3) is 0.250. The van der Waals surface area contributed by atoms with Gasteiger partial charge in [0.15, 0.2) is 0 Å². The molecule has 0 N–H and O–H groups in total. The average Bonchev–Trinajstić information content (AvgIpc) is 2.66. The van der Waals surface area contributed by atoms with Crippen LogP contribution in [-0.2, 0) is 0 Å². The zero-order valence-corrected chi connectivity index (χ0v) is 11.4. The van der Waals surface area contributed by atoms with Gasteiger partial charge in [0, 0.05) is 9.85 Å². The van der Waals surface area contributed by atoms with E-state index in [9.17, 15) is 4.39 Å². The van der Waals surface area contributed by atoms with E-state index in [2.05, 4.69) is 34.8 Å². The van der Waals surface area contributed by atoms with Gasteiger partial charge in [0.25, 0.3) is 0 Å². The predicted molar refractivity (Wildman–Crippen MR) is 69.3 cm³/mol. The SMILES string of the molecule is CC(C)c1csc(-c2c(F)cccc2Br)n1. The third-order valence-electron chi connectivity index (χ3n) is 2.29. The Kier molecular flexibility index (Phi) is 3.40. The van der Waals surface area contributed by atoms with E-state index < -0.39 is 0 Å². The first-order chi connectivity index (χ1) is 7.59. The van der Waals surface area contributed by atoms with Crippen molar-refractivity contribution >= 4 is 27.3 Å². The van der Waals surface area contributed by atoms with Crippen LogP contribution in [0.2, 0.25) is 0 Å². The zero-order valence-electron chi connectivity index (χ0n) is 9.00. The Hall–Kier alpha value is -0.740. The van der Waals surface area contributed by atoms with Gasteiger partial charge in [-0.2, -0.15) is 0 Å². The van der Waals surface area contributed by atoms with E-state index in [0.29, 0.717) is 11.5 Å². The summed E-state index contributed by atoms with van der Waals surface area (Å²) in [4.78, 5) is 4.45. The summed E-state index contributed by atoms with van der Waals surface area (Å²) in [5, 5.41) is 2.72. The highest BCUT2D eigenvalue weighted by Gasteiger charge is 2.14. The Morgan fingerprint density at radius 3 is 2.69 bits per heavy atom. The Morgan fingerprint density at radius 1 is 1.38 bits per heavy atom. The number of hydrogen-bond donors (Lipinski definition) is 0. The molecule has 1 heterocycles. The minimum atomic E-state index is -0.237. The lowest BCUT2D eigenvalue weighted by Crippen LogP contribution is -1.89. The topological polar surface area (TPSA) is 12.9 Å². The second kappa shape index (κ2) is 4.63. The molecular weight excluding hydrogens is 289 g/mol. The van der Waals surface area contributed by atoms with E-state index in [4.69, 9.17) is 0 Å². The van der Waals surface area contributed by atoms with E-state index in [0.717, 1.165) is 15.2 Å². The van der Waals surface area contributed by atoms with Crippen LogP contribution in [0.5, 0.6) is 0 Å². The van der Waals surface area contributed by atoms with Gasteiger partial charge >= 0.3 is 0 Å². The molecule has 0 radical (unpaired) electrons. The number of hydrogen-bond acceptors (Lipinski definition) is 2. The van der Waals surface area contributed by atoms with Crippen molar-refractivity contribution < 1.29 is 4.39 Å². The van der Waals surface area contributed by atoms with E-state index >= 15 is 0 Å². The van der Waals surface area contributed by atoms with E-state index in [1.54, 1.807) is 6.07 Å². The fourth-order valence-electron chi connectivity index (χ4n) is 1.37. The minimum absolute atomic E-state index is 0.237. The molecule has 0 fully saturated rings. The normalized spacial score (nSPS) is 11.1. The fourth-order valence-corrected chi connectivity index (χ4v) is 3.07. The van der Waals surface area contributed by atoms with Crippen molar-refractivity contribution in [2.75, 3.05) is 0 Å². The van der Waals surface area contributed by atoms with Crippen LogP contribution in [0.1, 0.15) is 25.5 Å². The van der Waals surface area contributed by atoms with Crippen LogP contribution in [-0.4, -0.2) is 4.98 Å². The molecule has 2 rings (SSSR count). The second-order valence-corrected chi connectivity index (χ2v) is 5.54. The first kappa shape index (κ1) is 11.7. The van der Waals surface area contributed by atoms with Crippen molar-refractivity contribution in [1.82, 2.24) is 4.98 Å². The van der Waals surface area contributed by atoms with E-state index in [-0.39, 0.29) is 5.82 Å². The van der Waals surface area contributed by atoms with Crippen molar-refractivity contribution in [3.8, 4) is 10.6 Å². The smallest absolute Gasteiger partial charge is 0.134 e. The third-order valence-corrected chi connectivity index (χ3v) is 3.83. The van der Waals surface area contributed by atoms with E-state index in [1.807, 2.05) is 11.4 Å². The summed E-state index contributed by atoms with van der Waals surface area (Å²) >= 11 is 4.83. The van der Waals surface area contributed by atoms with Gasteiger partial charge in [0.2, 0.25) is 0 Å². The zero-order chi connectivity index (χ0) is 11.7. The number of rotatable bonds is 2. The van der Waals surface area contributed by atoms with Gasteiger partial charge in [0.1, 0.15) is 10.8 Å². The number of halogens is 2. The summed E-state index contributed by atoms with van der Waals surface area (Å²) in [6.45, 7) is 4.16. The molecule has 0 aliphatic heterocycles. The summed E-state index contributed by atoms with van der Waals surface area (Å²) < 4.78 is 14.4. The van der Waals surface area contributed by atoms with Gasteiger partial charge in [-0.05, 0) is 34.0 Å². The van der Waals surface area contributed by atoms with Crippen molar-refractivity contribution in [3.63, 3.8) is 0 Å². The molecule has 0 bridgehead atoms. The Morgan fingerprint density at radius 2 is 2.12 bits per heavy atom. The highest BCUT2D eigenvalue weighted by molar-refractivity contribution is 9.10. The number of thiazole rings is 1. The van der Waals surface area contributed by atoms with Crippen LogP contribution in [0.15, 0.2) is 28.1 Å². The summed E-state index contributed by atoms with van der Waals surface area (Å²) in [7, 11) is 0. The molecule has 0 spiro atoms. The summed E-state index contributed by atoms with van der Waals surface area (Å²) in [6, 6.07) is 4.96. The molecule has 1 aromatic heterocycles. The highest BCUT2D eigenvalue weighted by Crippen LogP contribution is 2.34. The molecule has 4 heteroatoms. The van der Waals surface area contributed by atoms with Crippen molar-refractivity contribution in [1.29, 1.82) is 0 Å². The monoisotopic (exact) mass is 299 g/mol. The van der Waals surface area contributed by atoms with Crippen LogP contribution < -0.4 is 0 Å². The molecule has 84 valence electrons. The molecule has 1 aromatic carbocycles.